The molecule has 7 nitrogen and oxygen atoms in total. The van der Waals surface area contributed by atoms with Crippen LogP contribution in [0.2, 0.25) is 0 Å². The van der Waals surface area contributed by atoms with Gasteiger partial charge in [-0.15, -0.1) is 0 Å². The van der Waals surface area contributed by atoms with Crippen LogP contribution in [0, 0.1) is 0 Å². The van der Waals surface area contributed by atoms with E-state index < -0.39 is 5.60 Å². The number of carbonyl (C=O) groups excluding carboxylic acids is 1. The Morgan fingerprint density at radius 3 is 2.60 bits per heavy atom. The van der Waals surface area contributed by atoms with E-state index in [1.165, 1.54) is 11.8 Å². The van der Waals surface area contributed by atoms with E-state index in [0.717, 1.165) is 31.7 Å². The molecular formula is C17H28N4O3S. The highest BCUT2D eigenvalue weighted by Crippen LogP contribution is 2.24. The minimum absolute atomic E-state index is 0.124. The van der Waals surface area contributed by atoms with Gasteiger partial charge in [-0.25, -0.2) is 9.78 Å². The molecule has 25 heavy (non-hydrogen) atoms. The summed E-state index contributed by atoms with van der Waals surface area (Å²) in [7, 11) is 0. The average molecular weight is 369 g/mol. The van der Waals surface area contributed by atoms with Crippen molar-refractivity contribution in [1.29, 1.82) is 0 Å². The molecule has 0 unspecified atom stereocenters. The van der Waals surface area contributed by atoms with Crippen LogP contribution in [0.25, 0.3) is 0 Å². The van der Waals surface area contributed by atoms with Crippen LogP contribution in [0.3, 0.4) is 0 Å². The van der Waals surface area contributed by atoms with Crippen LogP contribution in [0.1, 0.15) is 40.5 Å². The number of ether oxygens (including phenoxy) is 2. The van der Waals surface area contributed by atoms with Crippen molar-refractivity contribution in [2.24, 2.45) is 0 Å². The second kappa shape index (κ2) is 8.60. The summed E-state index contributed by atoms with van der Waals surface area (Å²) in [6, 6.07) is 2.00. The van der Waals surface area contributed by atoms with Crippen LogP contribution in [0.4, 0.5) is 10.6 Å². The van der Waals surface area contributed by atoms with Gasteiger partial charge in [0.2, 0.25) is 5.88 Å². The molecule has 1 aromatic rings. The lowest BCUT2D eigenvalue weighted by atomic mass is 10.1. The SMILES string of the molecule is CCOc1cc(N2CCC(NC(=O)OC(C)(C)C)CC2)nc(SC)n1. The van der Waals surface area contributed by atoms with Crippen LogP contribution >= 0.6 is 11.8 Å². The van der Waals surface area contributed by atoms with Crippen molar-refractivity contribution < 1.29 is 14.3 Å². The van der Waals surface area contributed by atoms with E-state index in [1.807, 2.05) is 40.0 Å². The summed E-state index contributed by atoms with van der Waals surface area (Å²) in [4.78, 5) is 23.0. The number of nitrogens with one attached hydrogen (secondary N) is 1. The van der Waals surface area contributed by atoms with Gasteiger partial charge < -0.3 is 19.7 Å². The average Bonchev–Trinajstić information content (AvgIpc) is 2.53. The first kappa shape index (κ1) is 19.6. The molecule has 1 aliphatic rings. The molecule has 0 saturated carbocycles. The second-order valence-electron chi connectivity index (χ2n) is 6.89. The zero-order valence-electron chi connectivity index (χ0n) is 15.7. The number of thioether (sulfide) groups is 1. The van der Waals surface area contributed by atoms with Gasteiger partial charge in [0.05, 0.1) is 6.61 Å². The number of alkyl carbamates (subject to hydrolysis) is 1. The number of aromatic nitrogens is 2. The van der Waals surface area contributed by atoms with E-state index in [4.69, 9.17) is 9.47 Å². The number of hydrogen-bond acceptors (Lipinski definition) is 7. The van der Waals surface area contributed by atoms with E-state index in [2.05, 4.69) is 20.2 Å². The van der Waals surface area contributed by atoms with Crippen molar-refractivity contribution in [2.45, 2.75) is 57.3 Å². The lowest BCUT2D eigenvalue weighted by Gasteiger charge is -2.33. The number of anilines is 1. The molecule has 0 atom stereocenters. The van der Waals surface area contributed by atoms with Crippen molar-refractivity contribution in [1.82, 2.24) is 15.3 Å². The summed E-state index contributed by atoms with van der Waals surface area (Å²) in [5.41, 5.74) is -0.477. The predicted octanol–water partition coefficient (Wildman–Crippen LogP) is 3.09. The zero-order chi connectivity index (χ0) is 18.4. The first-order valence-electron chi connectivity index (χ1n) is 8.61. The maximum absolute atomic E-state index is 11.9. The minimum Gasteiger partial charge on any atom is -0.478 e. The molecule has 2 rings (SSSR count). The van der Waals surface area contributed by atoms with E-state index in [0.29, 0.717) is 17.6 Å². The highest BCUT2D eigenvalue weighted by molar-refractivity contribution is 7.98. The highest BCUT2D eigenvalue weighted by Gasteiger charge is 2.24. The van der Waals surface area contributed by atoms with Gasteiger partial charge in [0.25, 0.3) is 0 Å². The Hall–Kier alpha value is -1.70. The summed E-state index contributed by atoms with van der Waals surface area (Å²) in [6.45, 7) is 9.74. The van der Waals surface area contributed by atoms with Gasteiger partial charge in [-0.3, -0.25) is 0 Å². The largest absolute Gasteiger partial charge is 0.478 e. The first-order valence-corrected chi connectivity index (χ1v) is 9.83. The molecule has 1 amide bonds. The molecular weight excluding hydrogens is 340 g/mol. The third-order valence-electron chi connectivity index (χ3n) is 3.68. The third kappa shape index (κ3) is 6.26. The molecule has 2 heterocycles. The predicted molar refractivity (Wildman–Crippen MR) is 99.6 cm³/mol. The van der Waals surface area contributed by atoms with Crippen molar-refractivity contribution in [3.05, 3.63) is 6.07 Å². The summed E-state index contributed by atoms with van der Waals surface area (Å²) in [5, 5.41) is 3.66. The minimum atomic E-state index is -0.477. The van der Waals surface area contributed by atoms with Gasteiger partial charge in [-0.05, 0) is 46.8 Å². The molecule has 1 saturated heterocycles. The smallest absolute Gasteiger partial charge is 0.407 e. The van der Waals surface area contributed by atoms with E-state index in [9.17, 15) is 4.79 Å². The molecule has 0 bridgehead atoms. The number of carbonyl (C=O) groups is 1. The van der Waals surface area contributed by atoms with E-state index in [-0.39, 0.29) is 12.1 Å². The Balaban J connectivity index is 1.93. The Bertz CT molecular complexity index is 584. The molecule has 0 aromatic carbocycles. The molecule has 8 heteroatoms. The summed E-state index contributed by atoms with van der Waals surface area (Å²) < 4.78 is 10.9. The van der Waals surface area contributed by atoms with Crippen LogP contribution in [0.5, 0.6) is 5.88 Å². The molecule has 1 N–H and O–H groups in total. The fourth-order valence-electron chi connectivity index (χ4n) is 2.59. The number of nitrogens with zero attached hydrogens (tertiary/aromatic N) is 3. The van der Waals surface area contributed by atoms with E-state index in [1.54, 1.807) is 0 Å². The Labute approximate surface area is 153 Å². The molecule has 0 radical (unpaired) electrons. The number of rotatable bonds is 5. The van der Waals surface area contributed by atoms with Gasteiger partial charge >= 0.3 is 6.09 Å². The van der Waals surface area contributed by atoms with Crippen LogP contribution in [0.15, 0.2) is 11.2 Å². The molecule has 1 aliphatic heterocycles. The van der Waals surface area contributed by atoms with Gasteiger partial charge in [0.15, 0.2) is 5.16 Å². The number of hydrogen-bond donors (Lipinski definition) is 1. The second-order valence-corrected chi connectivity index (χ2v) is 7.67. The third-order valence-corrected chi connectivity index (χ3v) is 4.23. The van der Waals surface area contributed by atoms with Crippen molar-refractivity contribution in [3.8, 4) is 5.88 Å². The number of amides is 1. The van der Waals surface area contributed by atoms with Gasteiger partial charge in [0, 0.05) is 25.2 Å². The Kier molecular flexibility index (Phi) is 6.75. The van der Waals surface area contributed by atoms with E-state index >= 15 is 0 Å². The van der Waals surface area contributed by atoms with Crippen LogP contribution in [-0.2, 0) is 4.74 Å². The maximum atomic E-state index is 11.9. The fourth-order valence-corrected chi connectivity index (χ4v) is 2.96. The summed E-state index contributed by atoms with van der Waals surface area (Å²) in [6.07, 6.45) is 3.30. The lowest BCUT2D eigenvalue weighted by molar-refractivity contribution is 0.0497. The number of piperidine rings is 1. The lowest BCUT2D eigenvalue weighted by Crippen LogP contribution is -2.46. The standard InChI is InChI=1S/C17H28N4O3S/c1-6-23-14-11-13(19-15(20-14)25-5)21-9-7-12(8-10-21)18-16(22)24-17(2,3)4/h11-12H,6-10H2,1-5H3,(H,18,22). The molecule has 140 valence electrons. The van der Waals surface area contributed by atoms with Gasteiger partial charge in [0.1, 0.15) is 11.4 Å². The molecule has 0 aliphatic carbocycles. The normalized spacial score (nSPS) is 15.8. The van der Waals surface area contributed by atoms with Gasteiger partial charge in [-0.1, -0.05) is 11.8 Å². The molecule has 0 spiro atoms. The van der Waals surface area contributed by atoms with Crippen LogP contribution in [-0.4, -0.2) is 53.7 Å². The zero-order valence-corrected chi connectivity index (χ0v) is 16.5. The maximum Gasteiger partial charge on any atom is 0.407 e. The molecule has 1 aromatic heterocycles. The topological polar surface area (TPSA) is 76.6 Å². The summed E-state index contributed by atoms with van der Waals surface area (Å²) in [5.74, 6) is 1.48. The van der Waals surface area contributed by atoms with Crippen LogP contribution < -0.4 is 15.0 Å². The van der Waals surface area contributed by atoms with Gasteiger partial charge in [-0.2, -0.15) is 4.98 Å². The highest BCUT2D eigenvalue weighted by atomic mass is 32.2. The van der Waals surface area contributed by atoms with Crippen molar-refractivity contribution in [3.63, 3.8) is 0 Å². The summed E-state index contributed by atoms with van der Waals surface area (Å²) >= 11 is 1.50. The van der Waals surface area contributed by atoms with Crippen molar-refractivity contribution >= 4 is 23.7 Å². The first-order chi connectivity index (χ1) is 11.8. The molecule has 1 fully saturated rings. The quantitative estimate of drug-likeness (QED) is 0.632. The fraction of sp³-hybridized carbons (Fsp3) is 0.706. The Morgan fingerprint density at radius 1 is 1.36 bits per heavy atom. The van der Waals surface area contributed by atoms with Crippen molar-refractivity contribution in [2.75, 3.05) is 30.9 Å². The monoisotopic (exact) mass is 368 g/mol. The Morgan fingerprint density at radius 2 is 2.04 bits per heavy atom.